The van der Waals surface area contributed by atoms with Crippen LogP contribution in [0.4, 0.5) is 0 Å². The first-order chi connectivity index (χ1) is 3.79. The van der Waals surface area contributed by atoms with Gasteiger partial charge in [0.25, 0.3) is 0 Å². The fourth-order valence-electron chi connectivity index (χ4n) is 0.533. The van der Waals surface area contributed by atoms with E-state index in [-0.39, 0.29) is 31.0 Å². The molecule has 2 heteroatoms. The zero-order valence-corrected chi connectivity index (χ0v) is 8.44. The molecular weight excluding hydrogens is 143 g/mol. The van der Waals surface area contributed by atoms with Crippen LogP contribution < -0.4 is 29.6 Å². The van der Waals surface area contributed by atoms with Crippen molar-refractivity contribution in [2.75, 3.05) is 0 Å². The largest absolute Gasteiger partial charge is 1.00 e. The Balaban J connectivity index is 0. The van der Waals surface area contributed by atoms with Gasteiger partial charge in [0.2, 0.25) is 0 Å². The molecule has 0 aliphatic heterocycles. The maximum absolute atomic E-state index is 5.61. The van der Waals surface area contributed by atoms with Crippen molar-refractivity contribution in [3.8, 4) is 0 Å². The van der Waals surface area contributed by atoms with Crippen LogP contribution in [0, 0.1) is 6.92 Å². The fourth-order valence-corrected chi connectivity index (χ4v) is 0.659. The van der Waals surface area contributed by atoms with Gasteiger partial charge in [0.15, 0.2) is 0 Å². The summed E-state index contributed by atoms with van der Waals surface area (Å²) in [6.07, 6.45) is 0. The van der Waals surface area contributed by atoms with E-state index in [4.69, 9.17) is 11.6 Å². The number of benzene rings is 1. The Bertz CT molecular complexity index is 152. The summed E-state index contributed by atoms with van der Waals surface area (Å²) in [7, 11) is 0. The number of rotatable bonds is 0. The van der Waals surface area contributed by atoms with Crippen molar-refractivity contribution in [2.45, 2.75) is 6.92 Å². The molecule has 1 aromatic carbocycles. The minimum Gasteiger partial charge on any atom is -1.00 e. The third-order valence-corrected chi connectivity index (χ3v) is 1.26. The van der Waals surface area contributed by atoms with Gasteiger partial charge in [0.05, 0.1) is 0 Å². The van der Waals surface area contributed by atoms with Crippen LogP contribution in [0.2, 0.25) is 5.02 Å². The molecule has 0 spiro atoms. The average Bonchev–Trinajstić information content (AvgIpc) is 1.77. The molecule has 0 aliphatic rings. The summed E-state index contributed by atoms with van der Waals surface area (Å²) in [5, 5.41) is 0.801. The van der Waals surface area contributed by atoms with Crippen LogP contribution in [-0.4, -0.2) is 0 Å². The van der Waals surface area contributed by atoms with Gasteiger partial charge in [0.1, 0.15) is 0 Å². The van der Waals surface area contributed by atoms with Crippen molar-refractivity contribution < 1.29 is 31.0 Å². The third kappa shape index (κ3) is 3.27. The molecule has 0 atom stereocenters. The van der Waals surface area contributed by atoms with E-state index in [9.17, 15) is 0 Å². The predicted octanol–water partition coefficient (Wildman–Crippen LogP) is -0.235. The van der Waals surface area contributed by atoms with Crippen LogP contribution >= 0.6 is 11.6 Å². The summed E-state index contributed by atoms with van der Waals surface area (Å²) in [5.41, 5.74) is 1.24. The number of aryl methyl sites for hydroxylation is 1. The first kappa shape index (κ1) is 9.51. The number of hydrogen-bond donors (Lipinski definition) is 0. The van der Waals surface area contributed by atoms with Crippen molar-refractivity contribution in [1.82, 2.24) is 0 Å². The molecule has 0 heterocycles. The molecule has 0 nitrogen and oxygen atoms in total. The van der Waals surface area contributed by atoms with Crippen LogP contribution in [0.25, 0.3) is 0 Å². The van der Waals surface area contributed by atoms with Gasteiger partial charge in [0, 0.05) is 5.02 Å². The molecule has 44 valence electrons. The fraction of sp³-hybridized carbons (Fsp3) is 0.143. The normalized spacial score (nSPS) is 8.22. The molecule has 0 aromatic heterocycles. The average molecular weight is 151 g/mol. The Morgan fingerprint density at radius 3 is 2.00 bits per heavy atom. The number of halogens is 1. The third-order valence-electron chi connectivity index (χ3n) is 1.01. The second-order valence-electron chi connectivity index (χ2n) is 1.80. The van der Waals surface area contributed by atoms with Crippen molar-refractivity contribution in [3.05, 3.63) is 34.9 Å². The van der Waals surface area contributed by atoms with E-state index in [1.54, 1.807) is 0 Å². The maximum Gasteiger partial charge on any atom is 1.00 e. The van der Waals surface area contributed by atoms with Crippen molar-refractivity contribution >= 4 is 11.6 Å². The summed E-state index contributed by atoms with van der Waals surface area (Å²) in [5.74, 6) is 0. The Labute approximate surface area is 84.0 Å². The molecule has 9 heavy (non-hydrogen) atoms. The van der Waals surface area contributed by atoms with Crippen LogP contribution in [0.15, 0.2) is 24.3 Å². The quantitative estimate of drug-likeness (QED) is 0.448. The molecular formula is C7H8ClNa. The minimum atomic E-state index is 0. The molecule has 1 aromatic rings. The van der Waals surface area contributed by atoms with Gasteiger partial charge in [-0.2, -0.15) is 0 Å². The van der Waals surface area contributed by atoms with Crippen molar-refractivity contribution in [3.63, 3.8) is 0 Å². The Hall–Kier alpha value is 0.510. The molecule has 0 saturated heterocycles. The summed E-state index contributed by atoms with van der Waals surface area (Å²) < 4.78 is 0. The van der Waals surface area contributed by atoms with Gasteiger partial charge in [-0.05, 0) is 19.1 Å². The Morgan fingerprint density at radius 2 is 1.67 bits per heavy atom. The molecule has 0 fully saturated rings. The first-order valence-corrected chi connectivity index (χ1v) is 2.89. The minimum absolute atomic E-state index is 0. The van der Waals surface area contributed by atoms with Crippen LogP contribution in [0.3, 0.4) is 0 Å². The molecule has 0 unspecified atom stereocenters. The van der Waals surface area contributed by atoms with Gasteiger partial charge >= 0.3 is 29.6 Å². The number of hydrogen-bond acceptors (Lipinski definition) is 0. The smallest absolute Gasteiger partial charge is 1.00 e. The van der Waals surface area contributed by atoms with E-state index >= 15 is 0 Å². The van der Waals surface area contributed by atoms with E-state index in [2.05, 4.69) is 0 Å². The van der Waals surface area contributed by atoms with Crippen LogP contribution in [-0.2, 0) is 0 Å². The zero-order valence-electron chi connectivity index (χ0n) is 6.69. The Kier molecular flexibility index (Phi) is 4.59. The zero-order chi connectivity index (χ0) is 5.98. The van der Waals surface area contributed by atoms with E-state index in [1.165, 1.54) is 5.56 Å². The predicted molar refractivity (Wildman–Crippen MR) is 37.3 cm³/mol. The molecule has 1 rings (SSSR count). The topological polar surface area (TPSA) is 0 Å². The van der Waals surface area contributed by atoms with E-state index < -0.39 is 0 Å². The molecule has 0 aliphatic carbocycles. The van der Waals surface area contributed by atoms with Gasteiger partial charge < -0.3 is 1.43 Å². The second-order valence-corrected chi connectivity index (χ2v) is 2.23. The van der Waals surface area contributed by atoms with Crippen LogP contribution in [0.1, 0.15) is 6.99 Å². The summed E-state index contributed by atoms with van der Waals surface area (Å²) >= 11 is 5.61. The van der Waals surface area contributed by atoms with Gasteiger partial charge in [-0.25, -0.2) is 0 Å². The maximum atomic E-state index is 5.61. The SMILES string of the molecule is Cc1ccc(Cl)cc1.[H-].[Na+]. The van der Waals surface area contributed by atoms with Crippen molar-refractivity contribution in [2.24, 2.45) is 0 Å². The second kappa shape index (κ2) is 4.35. The molecule has 0 radical (unpaired) electrons. The monoisotopic (exact) mass is 150 g/mol. The Morgan fingerprint density at radius 1 is 1.22 bits per heavy atom. The van der Waals surface area contributed by atoms with E-state index in [0.717, 1.165) is 5.02 Å². The molecule has 0 bridgehead atoms. The van der Waals surface area contributed by atoms with Gasteiger partial charge in [-0.15, -0.1) is 0 Å². The van der Waals surface area contributed by atoms with E-state index in [0.29, 0.717) is 0 Å². The summed E-state index contributed by atoms with van der Waals surface area (Å²) in [6, 6.07) is 7.75. The first-order valence-electron chi connectivity index (χ1n) is 2.51. The van der Waals surface area contributed by atoms with Crippen LogP contribution in [0.5, 0.6) is 0 Å². The van der Waals surface area contributed by atoms with Gasteiger partial charge in [-0.3, -0.25) is 0 Å². The summed E-state index contributed by atoms with van der Waals surface area (Å²) in [6.45, 7) is 2.04. The standard InChI is InChI=1S/C7H7Cl.Na.H/c1-6-2-4-7(8)5-3-6;;/h2-5H,1H3;;/q;+1;-1. The van der Waals surface area contributed by atoms with Crippen molar-refractivity contribution in [1.29, 1.82) is 0 Å². The summed E-state index contributed by atoms with van der Waals surface area (Å²) in [4.78, 5) is 0. The van der Waals surface area contributed by atoms with Gasteiger partial charge in [-0.1, -0.05) is 29.3 Å². The molecule has 0 N–H and O–H groups in total. The van der Waals surface area contributed by atoms with E-state index in [1.807, 2.05) is 31.2 Å². The molecule has 0 amide bonds. The molecule has 0 saturated carbocycles.